The molecule has 0 radical (unpaired) electrons. The van der Waals surface area contributed by atoms with Crippen molar-refractivity contribution >= 4 is 0 Å². The lowest BCUT2D eigenvalue weighted by Gasteiger charge is -2.44. The number of aliphatic hydroxyl groups excluding tert-OH is 2. The van der Waals surface area contributed by atoms with Crippen LogP contribution in [0.25, 0.3) is 0 Å². The highest BCUT2D eigenvalue weighted by Gasteiger charge is 2.50. The first-order chi connectivity index (χ1) is 13.6. The zero-order chi connectivity index (χ0) is 21.2. The summed E-state index contributed by atoms with van der Waals surface area (Å²) >= 11 is 0. The number of allylic oxidation sites excluding steroid dienone is 3. The monoisotopic (exact) mass is 404 g/mol. The molecule has 0 heterocycles. The van der Waals surface area contributed by atoms with E-state index in [1.807, 2.05) is 13.8 Å². The molecular formula is C26H44O3. The van der Waals surface area contributed by atoms with Crippen molar-refractivity contribution < 1.29 is 15.3 Å². The molecule has 0 unspecified atom stereocenters. The molecule has 0 aromatic heterocycles. The summed E-state index contributed by atoms with van der Waals surface area (Å²) in [6.45, 7) is 8.83. The predicted molar refractivity (Wildman–Crippen MR) is 120 cm³/mol. The molecule has 3 nitrogen and oxygen atoms in total. The maximum absolute atomic E-state index is 10.0. The molecule has 3 saturated carbocycles. The van der Waals surface area contributed by atoms with Gasteiger partial charge in [-0.15, -0.1) is 0 Å². The van der Waals surface area contributed by atoms with Crippen LogP contribution in [0.4, 0.5) is 0 Å². The Morgan fingerprint density at radius 2 is 1.86 bits per heavy atom. The minimum atomic E-state index is -0.592. The van der Waals surface area contributed by atoms with Crippen LogP contribution in [0, 0.1) is 23.2 Å². The van der Waals surface area contributed by atoms with Crippen LogP contribution in [-0.2, 0) is 0 Å². The largest absolute Gasteiger partial charge is 0.390 e. The van der Waals surface area contributed by atoms with E-state index in [9.17, 15) is 15.3 Å². The molecule has 3 N–H and O–H groups in total. The summed E-state index contributed by atoms with van der Waals surface area (Å²) in [5.74, 6) is 2.21. The summed E-state index contributed by atoms with van der Waals surface area (Å²) in [6, 6.07) is 0. The van der Waals surface area contributed by atoms with Gasteiger partial charge in [-0.2, -0.15) is 0 Å². The first kappa shape index (κ1) is 23.0. The summed E-state index contributed by atoms with van der Waals surface area (Å²) in [4.78, 5) is 0. The van der Waals surface area contributed by atoms with E-state index < -0.39 is 17.8 Å². The van der Waals surface area contributed by atoms with Gasteiger partial charge in [-0.1, -0.05) is 50.0 Å². The topological polar surface area (TPSA) is 60.7 Å². The maximum Gasteiger partial charge on any atom is 0.0836 e. The van der Waals surface area contributed by atoms with Crippen LogP contribution in [0.3, 0.4) is 0 Å². The molecule has 0 aromatic rings. The molecule has 3 rings (SSSR count). The van der Waals surface area contributed by atoms with Crippen molar-refractivity contribution in [1.29, 1.82) is 0 Å². The zero-order valence-electron chi connectivity index (χ0n) is 19.2. The zero-order valence-corrected chi connectivity index (χ0v) is 19.2. The first-order valence-corrected chi connectivity index (χ1v) is 12.1. The summed E-state index contributed by atoms with van der Waals surface area (Å²) in [6.07, 6.45) is 15.4. The molecule has 166 valence electrons. The van der Waals surface area contributed by atoms with E-state index in [1.54, 1.807) is 5.57 Å². The fourth-order valence-electron chi connectivity index (χ4n) is 6.68. The normalized spacial score (nSPS) is 39.7. The quantitative estimate of drug-likeness (QED) is 0.545. The van der Waals surface area contributed by atoms with Crippen LogP contribution in [0.1, 0.15) is 98.3 Å². The van der Waals surface area contributed by atoms with Gasteiger partial charge in [0.05, 0.1) is 17.8 Å². The van der Waals surface area contributed by atoms with Crippen molar-refractivity contribution in [2.75, 3.05) is 0 Å². The third-order valence-corrected chi connectivity index (χ3v) is 8.38. The fourth-order valence-corrected chi connectivity index (χ4v) is 6.68. The molecule has 3 fully saturated rings. The molecule has 0 bridgehead atoms. The molecule has 3 aliphatic rings. The predicted octanol–water partition coefficient (Wildman–Crippen LogP) is 5.54. The van der Waals surface area contributed by atoms with E-state index in [0.29, 0.717) is 24.2 Å². The molecule has 0 spiro atoms. The Balaban J connectivity index is 1.65. The van der Waals surface area contributed by atoms with Crippen LogP contribution in [0.5, 0.6) is 0 Å². The average Bonchev–Trinajstić information content (AvgIpc) is 2.99. The van der Waals surface area contributed by atoms with Crippen LogP contribution < -0.4 is 0 Å². The Bertz CT molecular complexity index is 614. The second kappa shape index (κ2) is 9.24. The molecule has 3 aliphatic carbocycles. The van der Waals surface area contributed by atoms with Gasteiger partial charge >= 0.3 is 0 Å². The van der Waals surface area contributed by atoms with E-state index in [0.717, 1.165) is 31.1 Å². The summed E-state index contributed by atoms with van der Waals surface area (Å²) in [5, 5.41) is 29.7. The Morgan fingerprint density at radius 3 is 2.55 bits per heavy atom. The van der Waals surface area contributed by atoms with Crippen LogP contribution in [0.15, 0.2) is 23.3 Å². The van der Waals surface area contributed by atoms with E-state index >= 15 is 0 Å². The van der Waals surface area contributed by atoms with Crippen molar-refractivity contribution in [3.63, 3.8) is 0 Å². The highest BCUT2D eigenvalue weighted by molar-refractivity contribution is 5.26. The molecule has 3 heteroatoms. The SMILES string of the molecule is C[C@H](CCCC(C)(C)O)[C@H]1CC[C@H]2/C(=C/C=C3\CC[C@H](O)[C@@H](O)C3)CCC[C@]12C. The Morgan fingerprint density at radius 1 is 1.10 bits per heavy atom. The van der Waals surface area contributed by atoms with Gasteiger partial charge in [0.25, 0.3) is 0 Å². The molecule has 6 atom stereocenters. The molecule has 29 heavy (non-hydrogen) atoms. The smallest absolute Gasteiger partial charge is 0.0836 e. The Labute approximate surface area is 178 Å². The molecular weight excluding hydrogens is 360 g/mol. The van der Waals surface area contributed by atoms with Gasteiger partial charge in [0.2, 0.25) is 0 Å². The van der Waals surface area contributed by atoms with Gasteiger partial charge in [-0.25, -0.2) is 0 Å². The Hall–Kier alpha value is -0.640. The number of aliphatic hydroxyl groups is 3. The highest BCUT2D eigenvalue weighted by atomic mass is 16.3. The number of hydrogen-bond acceptors (Lipinski definition) is 3. The van der Waals surface area contributed by atoms with Gasteiger partial charge in [0.15, 0.2) is 0 Å². The van der Waals surface area contributed by atoms with E-state index in [2.05, 4.69) is 26.0 Å². The third-order valence-electron chi connectivity index (χ3n) is 8.38. The molecule has 0 aliphatic heterocycles. The van der Waals surface area contributed by atoms with Crippen LogP contribution in [-0.4, -0.2) is 33.1 Å². The average molecular weight is 405 g/mol. The van der Waals surface area contributed by atoms with Crippen molar-refractivity contribution in [3.8, 4) is 0 Å². The van der Waals surface area contributed by atoms with Crippen molar-refractivity contribution in [1.82, 2.24) is 0 Å². The van der Waals surface area contributed by atoms with Gasteiger partial charge < -0.3 is 15.3 Å². The van der Waals surface area contributed by atoms with Crippen molar-refractivity contribution in [3.05, 3.63) is 23.3 Å². The van der Waals surface area contributed by atoms with Gasteiger partial charge in [0, 0.05) is 0 Å². The van der Waals surface area contributed by atoms with Crippen LogP contribution in [0.2, 0.25) is 0 Å². The standard InChI is InChI=1S/C26H44O3/c1-18(7-5-15-25(2,3)29)21-12-13-22-20(8-6-16-26(21,22)4)11-9-19-10-14-23(27)24(28)17-19/h9,11,18,21-24,27-29H,5-8,10,12-17H2,1-4H3/b19-9+,20-11+/t18-,21-,22+,23+,24+,26-/m1/s1. The lowest BCUT2D eigenvalue weighted by molar-refractivity contribution is 0.00411. The number of hydrogen-bond donors (Lipinski definition) is 3. The minimum absolute atomic E-state index is 0.416. The molecule has 0 amide bonds. The minimum Gasteiger partial charge on any atom is -0.390 e. The van der Waals surface area contributed by atoms with Crippen molar-refractivity contribution in [2.45, 2.75) is 116 Å². The summed E-state index contributed by atoms with van der Waals surface area (Å²) in [7, 11) is 0. The van der Waals surface area contributed by atoms with E-state index in [-0.39, 0.29) is 0 Å². The van der Waals surface area contributed by atoms with E-state index in [4.69, 9.17) is 0 Å². The van der Waals surface area contributed by atoms with Crippen molar-refractivity contribution in [2.24, 2.45) is 23.2 Å². The van der Waals surface area contributed by atoms with Crippen LogP contribution >= 0.6 is 0 Å². The second-order valence-electron chi connectivity index (χ2n) is 11.2. The number of fused-ring (bicyclic) bond motifs is 1. The molecule has 0 aromatic carbocycles. The number of rotatable bonds is 6. The fraction of sp³-hybridized carbons (Fsp3) is 0.846. The second-order valence-corrected chi connectivity index (χ2v) is 11.2. The molecule has 0 saturated heterocycles. The van der Waals surface area contributed by atoms with E-state index in [1.165, 1.54) is 44.1 Å². The Kier molecular flexibility index (Phi) is 7.34. The first-order valence-electron chi connectivity index (χ1n) is 12.1. The van der Waals surface area contributed by atoms with Gasteiger partial charge in [0.1, 0.15) is 0 Å². The lowest BCUT2D eigenvalue weighted by Crippen LogP contribution is -2.36. The lowest BCUT2D eigenvalue weighted by atomic mass is 9.60. The third kappa shape index (κ3) is 5.54. The highest BCUT2D eigenvalue weighted by Crippen LogP contribution is 2.59. The van der Waals surface area contributed by atoms with Gasteiger partial charge in [-0.3, -0.25) is 0 Å². The summed E-state index contributed by atoms with van der Waals surface area (Å²) in [5.41, 5.74) is 2.79. The summed E-state index contributed by atoms with van der Waals surface area (Å²) < 4.78 is 0. The van der Waals surface area contributed by atoms with Gasteiger partial charge in [-0.05, 0) is 94.8 Å². The maximum atomic E-state index is 10.0.